The summed E-state index contributed by atoms with van der Waals surface area (Å²) < 4.78 is 18.3. The minimum atomic E-state index is -0.714. The molecule has 0 radical (unpaired) electrons. The van der Waals surface area contributed by atoms with Crippen LogP contribution in [-0.2, 0) is 18.9 Å². The summed E-state index contributed by atoms with van der Waals surface area (Å²) in [6.07, 6.45) is -1.01. The van der Waals surface area contributed by atoms with Gasteiger partial charge in [0.2, 0.25) is 0 Å². The third-order valence-electron chi connectivity index (χ3n) is 1.25. The Morgan fingerprint density at radius 1 is 0.800 bits per heavy atom. The summed E-state index contributed by atoms with van der Waals surface area (Å²) >= 11 is 0. The lowest BCUT2D eigenvalue weighted by Gasteiger charge is -2.05. The number of carbonyl (C=O) groups excluding carboxylic acids is 2. The van der Waals surface area contributed by atoms with Crippen LogP contribution in [0, 0.1) is 0 Å². The van der Waals surface area contributed by atoms with Gasteiger partial charge in [-0.25, -0.2) is 9.59 Å². The van der Waals surface area contributed by atoms with Crippen LogP contribution in [0.15, 0.2) is 0 Å². The Morgan fingerprint density at radius 3 is 1.53 bits per heavy atom. The van der Waals surface area contributed by atoms with Crippen molar-refractivity contribution >= 4 is 12.3 Å². The molecule has 0 aromatic heterocycles. The van der Waals surface area contributed by atoms with Crippen LogP contribution in [0.5, 0.6) is 0 Å². The lowest BCUT2D eigenvalue weighted by molar-refractivity contribution is 0.0403. The largest absolute Gasteiger partial charge is 0.508 e. The molecule has 88 valence electrons. The van der Waals surface area contributed by atoms with E-state index in [0.717, 1.165) is 0 Å². The molecule has 0 aliphatic rings. The molecule has 15 heavy (non-hydrogen) atoms. The molecular weight excluding hydrogens is 204 g/mol. The molecule has 0 spiro atoms. The van der Waals surface area contributed by atoms with Gasteiger partial charge in [0, 0.05) is 6.42 Å². The molecule has 0 aromatic rings. The van der Waals surface area contributed by atoms with Crippen LogP contribution >= 0.6 is 0 Å². The molecule has 0 amide bonds. The molecule has 0 fully saturated rings. The van der Waals surface area contributed by atoms with Crippen LogP contribution in [-0.4, -0.2) is 38.7 Å². The van der Waals surface area contributed by atoms with Gasteiger partial charge in [0.25, 0.3) is 0 Å². The third kappa shape index (κ3) is 8.86. The summed E-state index contributed by atoms with van der Waals surface area (Å²) in [5.74, 6) is 0. The van der Waals surface area contributed by atoms with Crippen molar-refractivity contribution in [1.82, 2.24) is 0 Å². The zero-order chi connectivity index (χ0) is 11.5. The van der Waals surface area contributed by atoms with Crippen LogP contribution in [0.25, 0.3) is 0 Å². The van der Waals surface area contributed by atoms with Gasteiger partial charge >= 0.3 is 12.3 Å². The summed E-state index contributed by atoms with van der Waals surface area (Å²) in [5.41, 5.74) is 0. The molecule has 0 aliphatic carbocycles. The van der Waals surface area contributed by atoms with Gasteiger partial charge in [0.15, 0.2) is 0 Å². The molecule has 6 heteroatoms. The summed E-state index contributed by atoms with van der Waals surface area (Å²) in [6.45, 7) is 4.23. The Labute approximate surface area is 88.4 Å². The number of carbonyl (C=O) groups is 2. The Kier molecular flexibility index (Phi) is 8.22. The molecule has 0 bridgehead atoms. The maximum atomic E-state index is 10.7. The first-order chi connectivity index (χ1) is 7.20. The van der Waals surface area contributed by atoms with Crippen LogP contribution in [0.3, 0.4) is 0 Å². The Morgan fingerprint density at radius 2 is 1.20 bits per heavy atom. The Bertz CT molecular complexity index is 171. The molecule has 0 saturated carbocycles. The fourth-order valence-electron chi connectivity index (χ4n) is 0.689. The van der Waals surface area contributed by atoms with E-state index in [1.165, 1.54) is 0 Å². The topological polar surface area (TPSA) is 71.1 Å². The molecule has 0 heterocycles. The van der Waals surface area contributed by atoms with Crippen molar-refractivity contribution in [2.45, 2.75) is 20.3 Å². The normalized spacial score (nSPS) is 9.20. The van der Waals surface area contributed by atoms with Crippen LogP contribution in [0.1, 0.15) is 20.3 Å². The van der Waals surface area contributed by atoms with Gasteiger partial charge in [0.1, 0.15) is 0 Å². The summed E-state index contributed by atoms with van der Waals surface area (Å²) in [7, 11) is 0. The van der Waals surface area contributed by atoms with Gasteiger partial charge < -0.3 is 18.9 Å². The van der Waals surface area contributed by atoms with E-state index in [9.17, 15) is 9.59 Å². The minimum absolute atomic E-state index is 0.151. The molecule has 0 rings (SSSR count). The van der Waals surface area contributed by atoms with Crippen molar-refractivity contribution in [2.24, 2.45) is 0 Å². The highest BCUT2D eigenvalue weighted by molar-refractivity contribution is 5.60. The SMILES string of the molecule is CCOC(=O)OCCCOC(=O)OCC. The number of hydrogen-bond acceptors (Lipinski definition) is 6. The smallest absolute Gasteiger partial charge is 0.435 e. The van der Waals surface area contributed by atoms with Crippen LogP contribution in [0.4, 0.5) is 9.59 Å². The zero-order valence-electron chi connectivity index (χ0n) is 8.99. The van der Waals surface area contributed by atoms with Gasteiger partial charge in [-0.2, -0.15) is 0 Å². The molecule has 6 nitrogen and oxygen atoms in total. The van der Waals surface area contributed by atoms with Gasteiger partial charge in [0.05, 0.1) is 26.4 Å². The fraction of sp³-hybridized carbons (Fsp3) is 0.778. The van der Waals surface area contributed by atoms with Crippen LogP contribution < -0.4 is 0 Å². The predicted molar refractivity (Wildman–Crippen MR) is 50.6 cm³/mol. The van der Waals surface area contributed by atoms with Crippen molar-refractivity contribution in [3.63, 3.8) is 0 Å². The lowest BCUT2D eigenvalue weighted by atomic mass is 10.5. The van der Waals surface area contributed by atoms with Gasteiger partial charge in [-0.15, -0.1) is 0 Å². The molecule has 0 unspecified atom stereocenters. The van der Waals surface area contributed by atoms with Crippen molar-refractivity contribution in [2.75, 3.05) is 26.4 Å². The van der Waals surface area contributed by atoms with E-state index < -0.39 is 12.3 Å². The van der Waals surface area contributed by atoms with Crippen molar-refractivity contribution in [1.29, 1.82) is 0 Å². The average Bonchev–Trinajstić information content (AvgIpc) is 2.18. The standard InChI is InChI=1S/C9H16O6/c1-3-12-8(10)14-6-5-7-15-9(11)13-4-2/h3-7H2,1-2H3. The number of ether oxygens (including phenoxy) is 4. The first kappa shape index (κ1) is 13.5. The van der Waals surface area contributed by atoms with E-state index in [-0.39, 0.29) is 26.4 Å². The number of rotatable bonds is 6. The van der Waals surface area contributed by atoms with E-state index in [4.69, 9.17) is 0 Å². The van der Waals surface area contributed by atoms with Gasteiger partial charge in [-0.3, -0.25) is 0 Å². The molecule has 0 N–H and O–H groups in total. The summed E-state index contributed by atoms with van der Waals surface area (Å²) in [6, 6.07) is 0. The quantitative estimate of drug-likeness (QED) is 0.501. The Balaban J connectivity index is 3.24. The predicted octanol–water partition coefficient (Wildman–Crippen LogP) is 1.72. The third-order valence-corrected chi connectivity index (χ3v) is 1.25. The van der Waals surface area contributed by atoms with Crippen molar-refractivity contribution in [3.05, 3.63) is 0 Å². The highest BCUT2D eigenvalue weighted by Gasteiger charge is 2.03. The molecular formula is C9H16O6. The minimum Gasteiger partial charge on any atom is -0.435 e. The average molecular weight is 220 g/mol. The van der Waals surface area contributed by atoms with E-state index >= 15 is 0 Å². The Hall–Kier alpha value is -1.46. The lowest BCUT2D eigenvalue weighted by Crippen LogP contribution is -2.12. The van der Waals surface area contributed by atoms with Crippen molar-refractivity contribution in [3.8, 4) is 0 Å². The molecule has 0 atom stereocenters. The molecule has 0 aromatic carbocycles. The van der Waals surface area contributed by atoms with Crippen LogP contribution in [0.2, 0.25) is 0 Å². The van der Waals surface area contributed by atoms with E-state index in [1.807, 2.05) is 0 Å². The second kappa shape index (κ2) is 9.11. The van der Waals surface area contributed by atoms with E-state index in [2.05, 4.69) is 18.9 Å². The second-order valence-electron chi connectivity index (χ2n) is 2.42. The van der Waals surface area contributed by atoms with Crippen molar-refractivity contribution < 1.29 is 28.5 Å². The number of hydrogen-bond donors (Lipinski definition) is 0. The van der Waals surface area contributed by atoms with Gasteiger partial charge in [-0.05, 0) is 13.8 Å². The zero-order valence-corrected chi connectivity index (χ0v) is 8.99. The monoisotopic (exact) mass is 220 g/mol. The maximum Gasteiger partial charge on any atom is 0.508 e. The first-order valence-electron chi connectivity index (χ1n) is 4.79. The maximum absolute atomic E-state index is 10.7. The highest BCUT2D eigenvalue weighted by atomic mass is 16.7. The fourth-order valence-corrected chi connectivity index (χ4v) is 0.689. The first-order valence-corrected chi connectivity index (χ1v) is 4.79. The highest BCUT2D eigenvalue weighted by Crippen LogP contribution is 1.91. The second-order valence-corrected chi connectivity index (χ2v) is 2.42. The van der Waals surface area contributed by atoms with E-state index in [1.54, 1.807) is 13.8 Å². The molecule has 0 aliphatic heterocycles. The summed E-state index contributed by atoms with van der Waals surface area (Å²) in [5, 5.41) is 0. The molecule has 0 saturated heterocycles. The van der Waals surface area contributed by atoms with Gasteiger partial charge in [-0.1, -0.05) is 0 Å². The summed E-state index contributed by atoms with van der Waals surface area (Å²) in [4.78, 5) is 21.3. The van der Waals surface area contributed by atoms with E-state index in [0.29, 0.717) is 6.42 Å².